The van der Waals surface area contributed by atoms with Gasteiger partial charge in [-0.15, -0.1) is 0 Å². The van der Waals surface area contributed by atoms with Crippen molar-refractivity contribution in [1.29, 1.82) is 0 Å². The van der Waals surface area contributed by atoms with Crippen LogP contribution in [0.1, 0.15) is 41.5 Å². The quantitative estimate of drug-likeness (QED) is 0.312. The minimum atomic E-state index is -0.561. The maximum absolute atomic E-state index is 11.5. The fourth-order valence-corrected chi connectivity index (χ4v) is 2.88. The van der Waals surface area contributed by atoms with E-state index < -0.39 is 11.9 Å². The molecule has 164 valence electrons. The number of phenols is 3. The third-order valence-electron chi connectivity index (χ3n) is 3.38. The lowest BCUT2D eigenvalue weighted by atomic mass is 10.2. The molecule has 0 bridgehead atoms. The highest BCUT2D eigenvalue weighted by Gasteiger charge is 2.14. The van der Waals surface area contributed by atoms with Crippen molar-refractivity contribution in [3.05, 3.63) is 42.5 Å². The number of esters is 2. The number of carbonyl (C=O) groups is 2. The largest absolute Gasteiger partial charge is 0.507 e. The van der Waals surface area contributed by atoms with Crippen LogP contribution in [0, 0.1) is 7.14 Å². The zero-order valence-corrected chi connectivity index (χ0v) is 20.9. The van der Waals surface area contributed by atoms with Gasteiger partial charge in [-0.2, -0.15) is 0 Å². The molecular formula is C20H22I2O8. The van der Waals surface area contributed by atoms with E-state index in [1.54, 1.807) is 42.5 Å². The summed E-state index contributed by atoms with van der Waals surface area (Å²) in [6, 6.07) is 5.48. The minimum Gasteiger partial charge on any atom is -0.507 e. The summed E-state index contributed by atoms with van der Waals surface area (Å²) in [7, 11) is 0. The molecule has 0 radical (unpaired) electrons. The van der Waals surface area contributed by atoms with E-state index >= 15 is 0 Å². The molecule has 0 aliphatic heterocycles. The lowest BCUT2D eigenvalue weighted by Gasteiger charge is -2.09. The van der Waals surface area contributed by atoms with Gasteiger partial charge in [0.25, 0.3) is 0 Å². The molecule has 8 nitrogen and oxygen atoms in total. The van der Waals surface area contributed by atoms with Gasteiger partial charge in [-0.3, -0.25) is 0 Å². The summed E-state index contributed by atoms with van der Waals surface area (Å²) >= 11 is 3.74. The summed E-state index contributed by atoms with van der Waals surface area (Å²) in [4.78, 5) is 22.7. The van der Waals surface area contributed by atoms with Gasteiger partial charge in [-0.25, -0.2) is 9.59 Å². The summed E-state index contributed by atoms with van der Waals surface area (Å²) in [5.41, 5.74) is 0.436. The van der Waals surface area contributed by atoms with E-state index in [1.807, 2.05) is 29.5 Å². The molecule has 2 aromatic carbocycles. The predicted molar refractivity (Wildman–Crippen MR) is 126 cm³/mol. The molecule has 30 heavy (non-hydrogen) atoms. The third-order valence-corrected chi connectivity index (χ3v) is 5.57. The van der Waals surface area contributed by atoms with Crippen molar-refractivity contribution in [3.8, 4) is 23.0 Å². The van der Waals surface area contributed by atoms with Crippen LogP contribution < -0.4 is 4.74 Å². The Labute approximate surface area is 201 Å². The van der Waals surface area contributed by atoms with Gasteiger partial charge in [0.05, 0.1) is 38.1 Å². The van der Waals surface area contributed by atoms with E-state index in [0.717, 1.165) is 0 Å². The topological polar surface area (TPSA) is 123 Å². The first-order chi connectivity index (χ1) is 14.2. The Bertz CT molecular complexity index is 876. The minimum absolute atomic E-state index is 0.0228. The number of benzene rings is 2. The zero-order chi connectivity index (χ0) is 22.8. The molecule has 0 aliphatic rings. The second-order valence-corrected chi connectivity index (χ2v) is 7.67. The number of phenolic OH excluding ortho intramolecular Hbond substituents is 3. The first-order valence-electron chi connectivity index (χ1n) is 8.87. The highest BCUT2D eigenvalue weighted by Crippen LogP contribution is 2.32. The summed E-state index contributed by atoms with van der Waals surface area (Å²) in [5, 5.41) is 28.3. The summed E-state index contributed by atoms with van der Waals surface area (Å²) in [6.07, 6.45) is 0. The number of aromatic hydroxyl groups is 3. The molecule has 0 amide bonds. The van der Waals surface area contributed by atoms with E-state index in [4.69, 9.17) is 14.2 Å². The highest BCUT2D eigenvalue weighted by molar-refractivity contribution is 14.1. The van der Waals surface area contributed by atoms with Gasteiger partial charge < -0.3 is 29.5 Å². The van der Waals surface area contributed by atoms with Crippen LogP contribution >= 0.6 is 45.2 Å². The second kappa shape index (κ2) is 12.7. The van der Waals surface area contributed by atoms with E-state index in [1.165, 1.54) is 18.2 Å². The number of ether oxygens (including phenoxy) is 3. The monoisotopic (exact) mass is 644 g/mol. The fraction of sp³-hybridized carbons (Fsp3) is 0.300. The molecule has 0 aliphatic carbocycles. The van der Waals surface area contributed by atoms with Crippen molar-refractivity contribution >= 4 is 57.1 Å². The average Bonchev–Trinajstić information content (AvgIpc) is 2.70. The van der Waals surface area contributed by atoms with E-state index in [9.17, 15) is 24.9 Å². The van der Waals surface area contributed by atoms with Gasteiger partial charge in [0.15, 0.2) is 0 Å². The molecule has 0 aromatic heterocycles. The Morgan fingerprint density at radius 1 is 0.733 bits per heavy atom. The van der Waals surface area contributed by atoms with Crippen LogP contribution in [0.3, 0.4) is 0 Å². The van der Waals surface area contributed by atoms with Gasteiger partial charge in [-0.1, -0.05) is 0 Å². The molecule has 10 heteroatoms. The number of rotatable bonds is 6. The van der Waals surface area contributed by atoms with Gasteiger partial charge in [0.1, 0.15) is 23.0 Å². The van der Waals surface area contributed by atoms with Gasteiger partial charge >= 0.3 is 11.9 Å². The SMILES string of the molecule is CCOC(=O)c1cc(O)c(I)c(O)c1.CCOC(=O)c1cc(O)c(I)c(OCC)c1. The Hall–Kier alpha value is -1.96. The lowest BCUT2D eigenvalue weighted by molar-refractivity contribution is 0.0516. The maximum Gasteiger partial charge on any atom is 0.338 e. The van der Waals surface area contributed by atoms with Crippen LogP contribution in [0.4, 0.5) is 0 Å². The smallest absolute Gasteiger partial charge is 0.338 e. The predicted octanol–water partition coefficient (Wildman–Crippen LogP) is 4.45. The lowest BCUT2D eigenvalue weighted by Crippen LogP contribution is -2.06. The Balaban J connectivity index is 0.000000303. The summed E-state index contributed by atoms with van der Waals surface area (Å²) in [6.45, 7) is 6.28. The van der Waals surface area contributed by atoms with E-state index in [0.29, 0.717) is 31.7 Å². The molecule has 0 spiro atoms. The van der Waals surface area contributed by atoms with Gasteiger partial charge in [-0.05, 0) is 90.2 Å². The number of hydrogen-bond donors (Lipinski definition) is 3. The number of carbonyl (C=O) groups excluding carboxylic acids is 2. The highest BCUT2D eigenvalue weighted by atomic mass is 127. The molecule has 0 heterocycles. The first kappa shape index (κ1) is 26.1. The van der Waals surface area contributed by atoms with Crippen molar-refractivity contribution in [1.82, 2.24) is 0 Å². The molecule has 3 N–H and O–H groups in total. The Morgan fingerprint density at radius 2 is 1.13 bits per heavy atom. The average molecular weight is 644 g/mol. The Kier molecular flexibility index (Phi) is 11.0. The van der Waals surface area contributed by atoms with Crippen LogP contribution in [0.15, 0.2) is 24.3 Å². The number of halogens is 2. The van der Waals surface area contributed by atoms with Gasteiger partial charge in [0.2, 0.25) is 0 Å². The molecule has 2 aromatic rings. The Morgan fingerprint density at radius 3 is 1.53 bits per heavy atom. The molecule has 0 saturated heterocycles. The molecule has 0 unspecified atom stereocenters. The molecule has 0 fully saturated rings. The van der Waals surface area contributed by atoms with E-state index in [2.05, 4.69) is 0 Å². The molecule has 0 saturated carbocycles. The van der Waals surface area contributed by atoms with Crippen molar-refractivity contribution in [2.75, 3.05) is 19.8 Å². The van der Waals surface area contributed by atoms with Crippen molar-refractivity contribution in [3.63, 3.8) is 0 Å². The van der Waals surface area contributed by atoms with Crippen LogP contribution in [-0.2, 0) is 9.47 Å². The van der Waals surface area contributed by atoms with Crippen molar-refractivity contribution in [2.24, 2.45) is 0 Å². The molecule has 2 rings (SSSR count). The van der Waals surface area contributed by atoms with Crippen molar-refractivity contribution in [2.45, 2.75) is 20.8 Å². The van der Waals surface area contributed by atoms with E-state index in [-0.39, 0.29) is 29.4 Å². The third kappa shape index (κ3) is 7.38. The standard InChI is InChI=1S/C11H13IO4.C9H9IO4/c1-3-15-9-6-7(11(14)16-4-2)5-8(13)10(9)12;1-2-14-9(13)5-3-6(11)8(10)7(12)4-5/h5-6,13H,3-4H2,1-2H3;3-4,11-12H,2H2,1H3. The van der Waals surface area contributed by atoms with Crippen LogP contribution in [0.2, 0.25) is 0 Å². The normalized spacial score (nSPS) is 9.90. The number of hydrogen-bond acceptors (Lipinski definition) is 8. The molecular weight excluding hydrogens is 622 g/mol. The first-order valence-corrected chi connectivity index (χ1v) is 11.0. The van der Waals surface area contributed by atoms with Crippen molar-refractivity contribution < 1.29 is 39.1 Å². The van der Waals surface area contributed by atoms with Gasteiger partial charge in [0, 0.05) is 0 Å². The fourth-order valence-electron chi connectivity index (χ4n) is 2.10. The summed E-state index contributed by atoms with van der Waals surface area (Å²) in [5.74, 6) is -0.771. The molecule has 0 atom stereocenters. The maximum atomic E-state index is 11.5. The second-order valence-electron chi connectivity index (χ2n) is 5.51. The zero-order valence-electron chi connectivity index (χ0n) is 16.6. The van der Waals surface area contributed by atoms with Crippen LogP contribution in [-0.4, -0.2) is 47.1 Å². The van der Waals surface area contributed by atoms with Crippen LogP contribution in [0.25, 0.3) is 0 Å². The summed E-state index contributed by atoms with van der Waals surface area (Å²) < 4.78 is 15.8. The van der Waals surface area contributed by atoms with Crippen LogP contribution in [0.5, 0.6) is 23.0 Å².